The summed E-state index contributed by atoms with van der Waals surface area (Å²) in [6.07, 6.45) is -5.54. The van der Waals surface area contributed by atoms with E-state index in [0.717, 1.165) is 17.4 Å². The van der Waals surface area contributed by atoms with Crippen LogP contribution >= 0.6 is 23.7 Å². The van der Waals surface area contributed by atoms with Gasteiger partial charge >= 0.3 is 11.2 Å². The molecule has 0 aliphatic carbocycles. The van der Waals surface area contributed by atoms with E-state index in [1.54, 1.807) is 0 Å². The number of rotatable bonds is 3. The number of alkyl halides is 3. The minimum Gasteiger partial charge on any atom is -0.324 e. The third-order valence-electron chi connectivity index (χ3n) is 1.67. The fraction of sp³-hybridized carbons (Fsp3) is 0.429. The van der Waals surface area contributed by atoms with Crippen LogP contribution in [0.25, 0.3) is 0 Å². The molecule has 1 heterocycles. The molecule has 4 nitrogen and oxygen atoms in total. The molecule has 92 valence electrons. The number of halogens is 4. The highest BCUT2D eigenvalue weighted by Gasteiger charge is 2.31. The van der Waals surface area contributed by atoms with Crippen LogP contribution in [0, 0.1) is 10.1 Å². The van der Waals surface area contributed by atoms with Crippen molar-refractivity contribution in [3.05, 3.63) is 27.1 Å². The second-order valence-electron chi connectivity index (χ2n) is 2.90. The molecule has 0 aliphatic rings. The van der Waals surface area contributed by atoms with Crippen molar-refractivity contribution in [3.8, 4) is 0 Å². The van der Waals surface area contributed by atoms with Crippen LogP contribution in [0.3, 0.4) is 0 Å². The molecule has 1 atom stereocenters. The quantitative estimate of drug-likeness (QED) is 0.681. The van der Waals surface area contributed by atoms with Crippen LogP contribution in [-0.4, -0.2) is 11.1 Å². The maximum atomic E-state index is 11.9. The van der Waals surface area contributed by atoms with E-state index < -0.39 is 23.6 Å². The third kappa shape index (κ3) is 4.33. The molecule has 0 amide bonds. The summed E-state index contributed by atoms with van der Waals surface area (Å²) in [4.78, 5) is 9.62. The van der Waals surface area contributed by atoms with Crippen molar-refractivity contribution in [1.82, 2.24) is 0 Å². The zero-order valence-electron chi connectivity index (χ0n) is 7.73. The average Bonchev–Trinajstić information content (AvgIpc) is 2.47. The molecule has 0 radical (unpaired) electrons. The van der Waals surface area contributed by atoms with Crippen molar-refractivity contribution in [3.63, 3.8) is 0 Å². The molecule has 0 aliphatic heterocycles. The number of nitrogens with zero attached hydrogens (tertiary/aromatic N) is 1. The lowest BCUT2D eigenvalue weighted by atomic mass is 10.1. The van der Waals surface area contributed by atoms with E-state index in [9.17, 15) is 23.3 Å². The van der Waals surface area contributed by atoms with Crippen LogP contribution < -0.4 is 5.73 Å². The maximum absolute atomic E-state index is 11.9. The number of thiophene rings is 1. The molecule has 0 unspecified atom stereocenters. The highest BCUT2D eigenvalue weighted by atomic mass is 35.5. The topological polar surface area (TPSA) is 69.2 Å². The van der Waals surface area contributed by atoms with Gasteiger partial charge in [0.1, 0.15) is 0 Å². The van der Waals surface area contributed by atoms with Gasteiger partial charge in [0, 0.05) is 17.5 Å². The third-order valence-corrected chi connectivity index (χ3v) is 2.56. The first-order chi connectivity index (χ1) is 6.79. The second-order valence-corrected chi connectivity index (χ2v) is 3.79. The van der Waals surface area contributed by atoms with Crippen LogP contribution in [0.4, 0.5) is 18.2 Å². The van der Waals surface area contributed by atoms with Crippen LogP contribution in [0.1, 0.15) is 18.0 Å². The van der Waals surface area contributed by atoms with Crippen molar-refractivity contribution in [1.29, 1.82) is 0 Å². The first kappa shape index (κ1) is 15.1. The lowest BCUT2D eigenvalue weighted by Gasteiger charge is -2.11. The minimum absolute atomic E-state index is 0. The van der Waals surface area contributed by atoms with E-state index in [1.807, 2.05) is 0 Å². The highest BCUT2D eigenvalue weighted by molar-refractivity contribution is 7.13. The first-order valence-electron chi connectivity index (χ1n) is 3.85. The molecule has 2 N–H and O–H groups in total. The Balaban J connectivity index is 0.00000225. The van der Waals surface area contributed by atoms with Gasteiger partial charge in [-0.2, -0.15) is 13.2 Å². The predicted octanol–water partition coefficient (Wildman–Crippen LogP) is 3.03. The fourth-order valence-corrected chi connectivity index (χ4v) is 1.79. The number of nitro groups is 1. The van der Waals surface area contributed by atoms with Crippen molar-refractivity contribution in [2.24, 2.45) is 5.73 Å². The number of nitrogens with two attached hydrogens (primary N) is 1. The Labute approximate surface area is 98.8 Å². The van der Waals surface area contributed by atoms with Gasteiger partial charge in [-0.1, -0.05) is 11.3 Å². The zero-order valence-corrected chi connectivity index (χ0v) is 9.36. The van der Waals surface area contributed by atoms with Crippen LogP contribution in [0.2, 0.25) is 0 Å². The van der Waals surface area contributed by atoms with E-state index >= 15 is 0 Å². The molecule has 0 saturated carbocycles. The van der Waals surface area contributed by atoms with Crippen LogP contribution in [0.5, 0.6) is 0 Å². The molecule has 0 fully saturated rings. The summed E-state index contributed by atoms with van der Waals surface area (Å²) in [6, 6.07) is -0.170. The summed E-state index contributed by atoms with van der Waals surface area (Å²) in [7, 11) is 0. The van der Waals surface area contributed by atoms with Gasteiger partial charge in [0.05, 0.1) is 11.3 Å². The Morgan fingerprint density at radius 2 is 2.12 bits per heavy atom. The van der Waals surface area contributed by atoms with Gasteiger partial charge in [-0.25, -0.2) is 0 Å². The standard InChI is InChI=1S/C7H7F3N2O2S.ClH/c8-7(9,10)2-5(11)4-1-6(12(13)14)15-3-4;/h1,3,5H,2,11H2;1H/t5-;/m1./s1. The largest absolute Gasteiger partial charge is 0.390 e. The summed E-state index contributed by atoms with van der Waals surface area (Å²) in [5.74, 6) is 0. The molecular weight excluding hydrogens is 269 g/mol. The second kappa shape index (κ2) is 5.46. The lowest BCUT2D eigenvalue weighted by Crippen LogP contribution is -2.19. The smallest absolute Gasteiger partial charge is 0.324 e. The zero-order chi connectivity index (χ0) is 11.6. The van der Waals surface area contributed by atoms with Crippen molar-refractivity contribution >= 4 is 28.7 Å². The van der Waals surface area contributed by atoms with E-state index in [1.165, 1.54) is 5.38 Å². The van der Waals surface area contributed by atoms with E-state index in [-0.39, 0.29) is 23.0 Å². The molecule has 0 aromatic carbocycles. The predicted molar refractivity (Wildman–Crippen MR) is 55.8 cm³/mol. The van der Waals surface area contributed by atoms with Gasteiger partial charge in [-0.3, -0.25) is 10.1 Å². The Hall–Kier alpha value is -0.860. The lowest BCUT2D eigenvalue weighted by molar-refractivity contribution is -0.380. The molecule has 1 aromatic heterocycles. The van der Waals surface area contributed by atoms with E-state index in [4.69, 9.17) is 5.73 Å². The Morgan fingerprint density at radius 1 is 1.56 bits per heavy atom. The normalized spacial score (nSPS) is 13.0. The monoisotopic (exact) mass is 276 g/mol. The minimum atomic E-state index is -4.36. The van der Waals surface area contributed by atoms with Crippen molar-refractivity contribution < 1.29 is 18.1 Å². The van der Waals surface area contributed by atoms with Gasteiger partial charge in [-0.05, 0) is 5.56 Å². The maximum Gasteiger partial charge on any atom is 0.390 e. The molecule has 1 aromatic rings. The summed E-state index contributed by atoms with van der Waals surface area (Å²) in [5, 5.41) is 11.3. The molecule has 0 spiro atoms. The van der Waals surface area contributed by atoms with Gasteiger partial charge < -0.3 is 5.73 Å². The summed E-state index contributed by atoms with van der Waals surface area (Å²) >= 11 is 0.766. The van der Waals surface area contributed by atoms with Gasteiger partial charge in [0.25, 0.3) is 0 Å². The van der Waals surface area contributed by atoms with Gasteiger partial charge in [0.15, 0.2) is 0 Å². The van der Waals surface area contributed by atoms with Crippen LogP contribution in [-0.2, 0) is 0 Å². The SMILES string of the molecule is Cl.N[C@H](CC(F)(F)F)c1csc([N+](=O)[O-])c1. The summed E-state index contributed by atoms with van der Waals surface area (Å²) in [6.45, 7) is 0. The average molecular weight is 277 g/mol. The van der Waals surface area contributed by atoms with Gasteiger partial charge in [-0.15, -0.1) is 12.4 Å². The Bertz CT molecular complexity index is 369. The molecular formula is C7H8ClF3N2O2S. The molecule has 9 heteroatoms. The molecule has 0 bridgehead atoms. The summed E-state index contributed by atoms with van der Waals surface area (Å²) < 4.78 is 35.8. The molecule has 0 saturated heterocycles. The summed E-state index contributed by atoms with van der Waals surface area (Å²) in [5.41, 5.74) is 5.40. The number of hydrogen-bond donors (Lipinski definition) is 1. The van der Waals surface area contributed by atoms with Crippen molar-refractivity contribution in [2.75, 3.05) is 0 Å². The van der Waals surface area contributed by atoms with Gasteiger partial charge in [0.2, 0.25) is 0 Å². The number of hydrogen-bond acceptors (Lipinski definition) is 4. The Kier molecular flexibility index (Phi) is 5.17. The van der Waals surface area contributed by atoms with E-state index in [2.05, 4.69) is 0 Å². The molecule has 1 rings (SSSR count). The molecule has 16 heavy (non-hydrogen) atoms. The van der Waals surface area contributed by atoms with E-state index in [0.29, 0.717) is 0 Å². The Morgan fingerprint density at radius 3 is 2.50 bits per heavy atom. The van der Waals surface area contributed by atoms with Crippen molar-refractivity contribution in [2.45, 2.75) is 18.6 Å². The fourth-order valence-electron chi connectivity index (χ4n) is 0.996. The first-order valence-corrected chi connectivity index (χ1v) is 4.73. The van der Waals surface area contributed by atoms with Crippen LogP contribution in [0.15, 0.2) is 11.4 Å². The highest BCUT2D eigenvalue weighted by Crippen LogP contribution is 2.32.